The van der Waals surface area contributed by atoms with E-state index >= 15 is 0 Å². The van der Waals surface area contributed by atoms with E-state index in [0.29, 0.717) is 32.4 Å². The Morgan fingerprint density at radius 2 is 2.00 bits per heavy atom. The summed E-state index contributed by atoms with van der Waals surface area (Å²) in [7, 11) is 0. The van der Waals surface area contributed by atoms with Crippen molar-refractivity contribution in [1.29, 1.82) is 0 Å². The third-order valence-corrected chi connectivity index (χ3v) is 5.66. The Hall–Kier alpha value is -3.00. The molecule has 8 heteroatoms. The molecular weight excluding hydrogens is 362 g/mol. The summed E-state index contributed by atoms with van der Waals surface area (Å²) in [4.78, 5) is 34.0. The van der Waals surface area contributed by atoms with Crippen LogP contribution in [0.25, 0.3) is 21.3 Å². The third kappa shape index (κ3) is 2.82. The van der Waals surface area contributed by atoms with Gasteiger partial charge in [-0.1, -0.05) is 13.8 Å². The number of carbonyl (C=O) groups excluding carboxylic acids is 2. The minimum absolute atomic E-state index is 0.302. The maximum absolute atomic E-state index is 12.3. The monoisotopic (exact) mass is 381 g/mol. The second-order valence-corrected chi connectivity index (χ2v) is 8.00. The van der Waals surface area contributed by atoms with Crippen LogP contribution in [-0.4, -0.2) is 21.9 Å². The van der Waals surface area contributed by atoms with E-state index in [-0.39, 0.29) is 0 Å². The summed E-state index contributed by atoms with van der Waals surface area (Å²) in [6.45, 7) is 6.27. The van der Waals surface area contributed by atoms with E-state index in [0.717, 1.165) is 28.8 Å². The quantitative estimate of drug-likeness (QED) is 0.636. The summed E-state index contributed by atoms with van der Waals surface area (Å²) in [5.41, 5.74) is 10.3. The molecule has 3 aromatic rings. The molecule has 0 aromatic carbocycles. The predicted molar refractivity (Wildman–Crippen MR) is 107 cm³/mol. The Kier molecular flexibility index (Phi) is 4.07. The maximum Gasteiger partial charge on any atom is 0.323 e. The Balaban J connectivity index is 2.04. The fourth-order valence-electron chi connectivity index (χ4n) is 3.53. The maximum atomic E-state index is 12.3. The van der Waals surface area contributed by atoms with Gasteiger partial charge < -0.3 is 16.4 Å². The minimum Gasteiger partial charge on any atom is -0.365 e. The van der Waals surface area contributed by atoms with Crippen molar-refractivity contribution in [1.82, 2.24) is 9.97 Å². The Bertz CT molecular complexity index is 1100. The van der Waals surface area contributed by atoms with Gasteiger partial charge in [0.2, 0.25) is 0 Å². The van der Waals surface area contributed by atoms with Gasteiger partial charge in [0.05, 0.1) is 16.8 Å². The van der Waals surface area contributed by atoms with Crippen LogP contribution >= 0.6 is 11.3 Å². The zero-order chi connectivity index (χ0) is 19.3. The average molecular weight is 381 g/mol. The first kappa shape index (κ1) is 17.4. The first-order valence-electron chi connectivity index (χ1n) is 8.65. The summed E-state index contributed by atoms with van der Waals surface area (Å²) in [6.07, 6.45) is 4.42. The second-order valence-electron chi connectivity index (χ2n) is 7.01. The molecule has 4 heterocycles. The van der Waals surface area contributed by atoms with Gasteiger partial charge in [-0.25, -0.2) is 9.78 Å². The molecule has 0 saturated heterocycles. The van der Waals surface area contributed by atoms with E-state index in [2.05, 4.69) is 34.4 Å². The first-order valence-corrected chi connectivity index (χ1v) is 9.46. The zero-order valence-corrected chi connectivity index (χ0v) is 16.0. The van der Waals surface area contributed by atoms with Gasteiger partial charge in [0, 0.05) is 29.2 Å². The highest BCUT2D eigenvalue weighted by molar-refractivity contribution is 7.21. The summed E-state index contributed by atoms with van der Waals surface area (Å²) in [5, 5.41) is 6.30. The van der Waals surface area contributed by atoms with Crippen molar-refractivity contribution in [2.24, 2.45) is 11.7 Å². The van der Waals surface area contributed by atoms with E-state index in [1.807, 2.05) is 13.0 Å². The Morgan fingerprint density at radius 1 is 1.26 bits per heavy atom. The van der Waals surface area contributed by atoms with Gasteiger partial charge in [-0.2, -0.15) is 0 Å². The summed E-state index contributed by atoms with van der Waals surface area (Å²) < 4.78 is 0. The van der Waals surface area contributed by atoms with Crippen LogP contribution in [0.1, 0.15) is 34.8 Å². The Morgan fingerprint density at radius 3 is 2.70 bits per heavy atom. The highest BCUT2D eigenvalue weighted by Gasteiger charge is 2.29. The van der Waals surface area contributed by atoms with Gasteiger partial charge in [-0.3, -0.25) is 9.78 Å². The van der Waals surface area contributed by atoms with E-state index in [1.54, 1.807) is 12.4 Å². The highest BCUT2D eigenvalue weighted by atomic mass is 32.1. The number of hydrogen-bond donors (Lipinski definition) is 3. The van der Waals surface area contributed by atoms with Crippen LogP contribution < -0.4 is 16.4 Å². The second kappa shape index (κ2) is 6.31. The molecule has 138 valence electrons. The molecule has 0 fully saturated rings. The number of nitrogens with two attached hydrogens (primary N) is 1. The predicted octanol–water partition coefficient (Wildman–Crippen LogP) is 3.92. The largest absolute Gasteiger partial charge is 0.365 e. The number of hydrogen-bond acceptors (Lipinski definition) is 5. The lowest BCUT2D eigenvalue weighted by molar-refractivity contribution is 0.100. The van der Waals surface area contributed by atoms with E-state index in [1.165, 1.54) is 11.3 Å². The lowest BCUT2D eigenvalue weighted by Gasteiger charge is -2.21. The van der Waals surface area contributed by atoms with Crippen molar-refractivity contribution in [2.45, 2.75) is 27.2 Å². The fraction of sp³-hybridized carbons (Fsp3) is 0.263. The minimum atomic E-state index is -0.583. The molecular formula is C19H19N5O2S. The van der Waals surface area contributed by atoms with Crippen LogP contribution in [0.4, 0.5) is 16.2 Å². The van der Waals surface area contributed by atoms with E-state index in [4.69, 9.17) is 5.73 Å². The highest BCUT2D eigenvalue weighted by Crippen LogP contribution is 2.46. The number of aromatic nitrogens is 2. The molecule has 4 rings (SSSR count). The molecule has 3 amide bonds. The third-order valence-electron chi connectivity index (χ3n) is 4.55. The summed E-state index contributed by atoms with van der Waals surface area (Å²) >= 11 is 1.18. The number of carbonyl (C=O) groups is 2. The summed E-state index contributed by atoms with van der Waals surface area (Å²) in [6, 6.07) is 1.61. The number of anilines is 2. The molecule has 3 aromatic heterocycles. The van der Waals surface area contributed by atoms with E-state index in [9.17, 15) is 9.59 Å². The lowest BCUT2D eigenvalue weighted by atomic mass is 9.92. The van der Waals surface area contributed by atoms with Crippen LogP contribution in [0.2, 0.25) is 0 Å². The fourth-order valence-corrected chi connectivity index (χ4v) is 4.49. The lowest BCUT2D eigenvalue weighted by Crippen LogP contribution is -2.25. The molecule has 4 N–H and O–H groups in total. The van der Waals surface area contributed by atoms with Crippen LogP contribution in [0.5, 0.6) is 0 Å². The summed E-state index contributed by atoms with van der Waals surface area (Å²) in [5.74, 6) is -0.117. The number of thiophene rings is 1. The molecule has 1 aliphatic rings. The van der Waals surface area contributed by atoms with Crippen molar-refractivity contribution in [3.63, 3.8) is 0 Å². The number of pyridine rings is 2. The molecule has 7 nitrogen and oxygen atoms in total. The number of urea groups is 1. The van der Waals surface area contributed by atoms with Crippen LogP contribution in [0.15, 0.2) is 18.5 Å². The molecule has 0 unspecified atom stereocenters. The van der Waals surface area contributed by atoms with E-state index < -0.39 is 11.9 Å². The van der Waals surface area contributed by atoms with Crippen molar-refractivity contribution < 1.29 is 9.59 Å². The van der Waals surface area contributed by atoms with Gasteiger partial charge >= 0.3 is 6.03 Å². The van der Waals surface area contributed by atoms with Crippen molar-refractivity contribution in [3.8, 4) is 11.1 Å². The van der Waals surface area contributed by atoms with Crippen molar-refractivity contribution >= 4 is 44.9 Å². The van der Waals surface area contributed by atoms with Gasteiger partial charge in [0.15, 0.2) is 0 Å². The number of primary amides is 1. The van der Waals surface area contributed by atoms with Crippen molar-refractivity contribution in [3.05, 3.63) is 34.6 Å². The van der Waals surface area contributed by atoms with Gasteiger partial charge in [-0.05, 0) is 30.9 Å². The van der Waals surface area contributed by atoms with Gasteiger partial charge in [0.1, 0.15) is 9.71 Å². The number of amides is 3. The average Bonchev–Trinajstić information content (AvgIpc) is 2.95. The molecule has 0 radical (unpaired) electrons. The topological polar surface area (TPSA) is 110 Å². The first-order chi connectivity index (χ1) is 12.9. The normalized spacial score (nSPS) is 13.0. The van der Waals surface area contributed by atoms with Crippen molar-refractivity contribution in [2.75, 3.05) is 10.6 Å². The molecule has 0 spiro atoms. The van der Waals surface area contributed by atoms with Crippen LogP contribution in [0, 0.1) is 12.8 Å². The molecule has 0 aliphatic carbocycles. The molecule has 0 atom stereocenters. The van der Waals surface area contributed by atoms with Crippen LogP contribution in [0.3, 0.4) is 0 Å². The standard InChI is InChI=1S/C19H19N5O2S/c1-8(2)6-10-4-5-21-9(3)12(10)11-7-22-18-13-14(11)23-19(26)24-15(13)16(27-18)17(20)25/h4-5,7-8H,6H2,1-3H3,(H2,20,25)(H2,23,24,26). The zero-order valence-electron chi connectivity index (χ0n) is 15.2. The number of rotatable bonds is 4. The number of nitrogens with zero attached hydrogens (tertiary/aromatic N) is 2. The molecule has 27 heavy (non-hydrogen) atoms. The number of aryl methyl sites for hydroxylation is 1. The Labute approximate surface area is 160 Å². The number of nitrogens with one attached hydrogen (secondary N) is 2. The molecule has 0 saturated carbocycles. The molecule has 0 bridgehead atoms. The van der Waals surface area contributed by atoms with Crippen LogP contribution in [-0.2, 0) is 6.42 Å². The van der Waals surface area contributed by atoms with Gasteiger partial charge in [-0.15, -0.1) is 11.3 Å². The SMILES string of the molecule is Cc1nccc(CC(C)C)c1-c1cnc2sc(C(N)=O)c3c2c1NC(=O)N3. The molecule has 1 aliphatic heterocycles. The smallest absolute Gasteiger partial charge is 0.323 e. The van der Waals surface area contributed by atoms with Gasteiger partial charge in [0.25, 0.3) is 5.91 Å².